The van der Waals surface area contributed by atoms with Gasteiger partial charge in [0, 0.05) is 0 Å². The van der Waals surface area contributed by atoms with E-state index >= 15 is 0 Å². The van der Waals surface area contributed by atoms with Gasteiger partial charge in [0.05, 0.1) is 0 Å². The first-order chi connectivity index (χ1) is 5.93. The molecule has 1 heterocycles. The van der Waals surface area contributed by atoms with Crippen LogP contribution >= 0.6 is 15.9 Å². The van der Waals surface area contributed by atoms with Crippen LogP contribution in [0.4, 0.5) is 0 Å². The average molecular weight is 348 g/mol. The van der Waals surface area contributed by atoms with Gasteiger partial charge in [0.1, 0.15) is 0 Å². The second-order valence-corrected chi connectivity index (χ2v) is 11.3. The van der Waals surface area contributed by atoms with Crippen LogP contribution < -0.4 is 0 Å². The SMILES string of the molecule is BrCCCCC[Te+]1CCCCC1. The third kappa shape index (κ3) is 5.10. The second kappa shape index (κ2) is 7.65. The van der Waals surface area contributed by atoms with Crippen LogP contribution in [-0.2, 0) is 0 Å². The van der Waals surface area contributed by atoms with Gasteiger partial charge in [-0.05, 0) is 0 Å². The van der Waals surface area contributed by atoms with Crippen molar-refractivity contribution in [3.8, 4) is 0 Å². The van der Waals surface area contributed by atoms with Gasteiger partial charge >= 0.3 is 92.7 Å². The molecule has 1 saturated heterocycles. The Balaban J connectivity index is 1.91. The van der Waals surface area contributed by atoms with Gasteiger partial charge in [-0.1, -0.05) is 0 Å². The average Bonchev–Trinajstić information content (AvgIpc) is 2.14. The predicted octanol–water partition coefficient (Wildman–Crippen LogP) is 4.23. The maximum absolute atomic E-state index is 3.49. The molecule has 0 spiro atoms. The third-order valence-electron chi connectivity index (χ3n) is 2.43. The Bertz CT molecular complexity index is 100. The van der Waals surface area contributed by atoms with Crippen molar-refractivity contribution in [3.63, 3.8) is 0 Å². The van der Waals surface area contributed by atoms with Crippen LogP contribution in [0, 0.1) is 0 Å². The molecule has 0 aromatic carbocycles. The van der Waals surface area contributed by atoms with E-state index in [4.69, 9.17) is 0 Å². The monoisotopic (exact) mass is 349 g/mol. The van der Waals surface area contributed by atoms with E-state index < -0.39 is 19.6 Å². The zero-order valence-electron chi connectivity index (χ0n) is 7.86. The topological polar surface area (TPSA) is 0 Å². The fraction of sp³-hybridized carbons (Fsp3) is 1.00. The summed E-state index contributed by atoms with van der Waals surface area (Å²) in [6, 6.07) is 0. The first kappa shape index (κ1) is 11.3. The summed E-state index contributed by atoms with van der Waals surface area (Å²) in [7, 11) is 0. The fourth-order valence-corrected chi connectivity index (χ4v) is 9.06. The van der Waals surface area contributed by atoms with E-state index in [0.717, 1.165) is 0 Å². The third-order valence-corrected chi connectivity index (χ3v) is 10.4. The minimum absolute atomic E-state index is 0.470. The number of rotatable bonds is 5. The molecule has 2 heteroatoms. The Morgan fingerprint density at radius 2 is 1.67 bits per heavy atom. The van der Waals surface area contributed by atoms with Crippen molar-refractivity contribution in [2.45, 2.75) is 51.9 Å². The number of hydrogen-bond donors (Lipinski definition) is 0. The van der Waals surface area contributed by atoms with Gasteiger partial charge in [-0.25, -0.2) is 0 Å². The van der Waals surface area contributed by atoms with Crippen molar-refractivity contribution >= 4 is 35.5 Å². The molecule has 0 unspecified atom stereocenters. The molecule has 0 amide bonds. The predicted molar refractivity (Wildman–Crippen MR) is 61.7 cm³/mol. The van der Waals surface area contributed by atoms with E-state index in [0.29, 0.717) is 0 Å². The van der Waals surface area contributed by atoms with Gasteiger partial charge < -0.3 is 0 Å². The van der Waals surface area contributed by atoms with E-state index in [1.54, 1.807) is 39.1 Å². The van der Waals surface area contributed by atoms with Gasteiger partial charge in [-0.2, -0.15) is 0 Å². The summed E-state index contributed by atoms with van der Waals surface area (Å²) in [5.74, 6) is 0. The Morgan fingerprint density at radius 3 is 2.33 bits per heavy atom. The molecule has 0 radical (unpaired) electrons. The number of unbranched alkanes of at least 4 members (excludes halogenated alkanes) is 2. The number of alkyl halides is 1. The summed E-state index contributed by atoms with van der Waals surface area (Å²) >= 11 is 3.02. The summed E-state index contributed by atoms with van der Waals surface area (Å²) in [6.07, 6.45) is 9.11. The first-order valence-electron chi connectivity index (χ1n) is 5.13. The maximum atomic E-state index is 3.49. The van der Waals surface area contributed by atoms with Crippen LogP contribution in [0.1, 0.15) is 38.5 Å². The molecule has 1 aliphatic rings. The Kier molecular flexibility index (Phi) is 7.24. The molecule has 0 nitrogen and oxygen atoms in total. The standard InChI is InChI=1S/C10H20BrTe/c11-7-3-1-4-8-12-9-5-2-6-10-12/h1-10H2/q+1. The van der Waals surface area contributed by atoms with E-state index in [9.17, 15) is 0 Å². The van der Waals surface area contributed by atoms with E-state index in [2.05, 4.69) is 15.9 Å². The van der Waals surface area contributed by atoms with Crippen LogP contribution in [0.15, 0.2) is 0 Å². The summed E-state index contributed by atoms with van der Waals surface area (Å²) < 4.78 is 5.06. The van der Waals surface area contributed by atoms with Gasteiger partial charge in [0.25, 0.3) is 0 Å². The second-order valence-electron chi connectivity index (χ2n) is 3.54. The summed E-state index contributed by atoms with van der Waals surface area (Å²) in [5, 5.41) is 1.21. The van der Waals surface area contributed by atoms with Crippen LogP contribution in [0.2, 0.25) is 13.4 Å². The van der Waals surface area contributed by atoms with E-state index in [1.807, 2.05) is 0 Å². The molecule has 0 aromatic heterocycles. The molecule has 1 aliphatic heterocycles. The van der Waals surface area contributed by atoms with Gasteiger partial charge in [0.15, 0.2) is 0 Å². The zero-order chi connectivity index (χ0) is 8.65. The molecule has 0 saturated carbocycles. The summed E-state index contributed by atoms with van der Waals surface area (Å²) in [5.41, 5.74) is 0. The molecule has 0 atom stereocenters. The number of halogens is 1. The van der Waals surface area contributed by atoms with Crippen molar-refractivity contribution < 1.29 is 0 Å². The minimum atomic E-state index is -0.470. The Morgan fingerprint density at radius 1 is 0.917 bits per heavy atom. The molecule has 0 aliphatic carbocycles. The van der Waals surface area contributed by atoms with Crippen molar-refractivity contribution in [1.29, 1.82) is 0 Å². The van der Waals surface area contributed by atoms with Crippen LogP contribution in [0.25, 0.3) is 0 Å². The number of hydrogen-bond acceptors (Lipinski definition) is 0. The first-order valence-corrected chi connectivity index (χ1v) is 11.2. The normalized spacial score (nSPS) is 19.8. The molecule has 12 heavy (non-hydrogen) atoms. The molecule has 1 rings (SSSR count). The van der Waals surface area contributed by atoms with Crippen molar-refractivity contribution in [2.75, 3.05) is 5.33 Å². The summed E-state index contributed by atoms with van der Waals surface area (Å²) in [6.45, 7) is 0. The van der Waals surface area contributed by atoms with Crippen LogP contribution in [0.5, 0.6) is 0 Å². The van der Waals surface area contributed by atoms with Crippen molar-refractivity contribution in [2.24, 2.45) is 0 Å². The van der Waals surface area contributed by atoms with Gasteiger partial charge in [0.2, 0.25) is 0 Å². The molecule has 0 N–H and O–H groups in total. The quantitative estimate of drug-likeness (QED) is 0.396. The molecular formula is C10H20BrTe+. The zero-order valence-corrected chi connectivity index (χ0v) is 11.8. The van der Waals surface area contributed by atoms with Crippen LogP contribution in [0.3, 0.4) is 0 Å². The summed E-state index contributed by atoms with van der Waals surface area (Å²) in [4.78, 5) is 0. The van der Waals surface area contributed by atoms with Gasteiger partial charge in [-0.15, -0.1) is 0 Å². The van der Waals surface area contributed by atoms with E-state index in [1.165, 1.54) is 18.2 Å². The molecule has 0 aromatic rings. The Hall–Kier alpha value is 1.27. The fourth-order valence-electron chi connectivity index (χ4n) is 1.67. The Labute approximate surface area is 92.3 Å². The molecule has 72 valence electrons. The molecule has 1 fully saturated rings. The molecule has 0 bridgehead atoms. The molecular weight excluding hydrogens is 328 g/mol. The van der Waals surface area contributed by atoms with Crippen molar-refractivity contribution in [3.05, 3.63) is 0 Å². The van der Waals surface area contributed by atoms with Gasteiger partial charge in [-0.3, -0.25) is 0 Å². The van der Waals surface area contributed by atoms with Crippen molar-refractivity contribution in [1.82, 2.24) is 0 Å². The van der Waals surface area contributed by atoms with E-state index in [-0.39, 0.29) is 0 Å². The van der Waals surface area contributed by atoms with Crippen LogP contribution in [-0.4, -0.2) is 24.9 Å².